The average Bonchev–Trinajstić information content (AvgIpc) is 3.67. The van der Waals surface area contributed by atoms with Gasteiger partial charge in [-0.05, 0) is 73.1 Å². The van der Waals surface area contributed by atoms with Gasteiger partial charge >= 0.3 is 5.97 Å². The van der Waals surface area contributed by atoms with Crippen molar-refractivity contribution in [1.29, 1.82) is 0 Å². The molecule has 2 aliphatic carbocycles. The molecule has 2 bridgehead atoms. The van der Waals surface area contributed by atoms with Crippen LogP contribution in [-0.2, 0) is 14.3 Å². The number of carbonyl (C=O) groups is 3. The van der Waals surface area contributed by atoms with Gasteiger partial charge in [0.25, 0.3) is 5.91 Å². The Morgan fingerprint density at radius 1 is 1.18 bits per heavy atom. The van der Waals surface area contributed by atoms with E-state index in [4.69, 9.17) is 4.74 Å². The molecule has 3 aliphatic rings. The number of esters is 1. The minimum atomic E-state index is -0.895. The second kappa shape index (κ2) is 10.7. The van der Waals surface area contributed by atoms with Crippen LogP contribution in [0.15, 0.2) is 39.9 Å². The Hall–Kier alpha value is -2.72. The zero-order chi connectivity index (χ0) is 27.9. The minimum absolute atomic E-state index is 0.0652. The molecule has 1 saturated heterocycles. The fourth-order valence-corrected chi connectivity index (χ4v) is 8.42. The first kappa shape index (κ1) is 27.8. The van der Waals surface area contributed by atoms with Gasteiger partial charge in [0.2, 0.25) is 5.91 Å². The maximum absolute atomic E-state index is 13.8. The Labute approximate surface area is 237 Å². The molecule has 0 radical (unpaired) electrons. The predicted molar refractivity (Wildman–Crippen MR) is 150 cm³/mol. The largest absolute Gasteiger partial charge is 0.504 e. The highest BCUT2D eigenvalue weighted by Crippen LogP contribution is 2.66. The van der Waals surface area contributed by atoms with Crippen molar-refractivity contribution in [3.05, 3.63) is 41.3 Å². The van der Waals surface area contributed by atoms with E-state index in [1.807, 2.05) is 17.5 Å². The molecule has 2 saturated carbocycles. The zero-order valence-corrected chi connectivity index (χ0v) is 24.1. The summed E-state index contributed by atoms with van der Waals surface area (Å²) in [5.74, 6) is -1.16. The highest BCUT2D eigenvalue weighted by atomic mass is 32.2. The van der Waals surface area contributed by atoms with Crippen molar-refractivity contribution in [3.63, 3.8) is 0 Å². The van der Waals surface area contributed by atoms with Gasteiger partial charge in [-0.25, -0.2) is 4.79 Å². The molecule has 5 rings (SSSR count). The molecule has 1 aliphatic heterocycles. The normalized spacial score (nSPS) is 27.9. The van der Waals surface area contributed by atoms with Gasteiger partial charge in [0, 0.05) is 23.3 Å². The number of phenols is 2. The number of hydrogen-bond donors (Lipinski definition) is 3. The summed E-state index contributed by atoms with van der Waals surface area (Å²) >= 11 is 3.01. The van der Waals surface area contributed by atoms with Crippen molar-refractivity contribution in [1.82, 2.24) is 10.2 Å². The van der Waals surface area contributed by atoms with Crippen LogP contribution in [0, 0.1) is 16.7 Å². The molecule has 3 fully saturated rings. The summed E-state index contributed by atoms with van der Waals surface area (Å²) in [6.45, 7) is 7.20. The van der Waals surface area contributed by atoms with Gasteiger partial charge in [-0.1, -0.05) is 26.8 Å². The first-order valence-electron chi connectivity index (χ1n) is 13.5. The summed E-state index contributed by atoms with van der Waals surface area (Å²) in [6.07, 6.45) is 4.14. The fourth-order valence-electron chi connectivity index (χ4n) is 6.59. The first-order valence-corrected chi connectivity index (χ1v) is 15.4. The number of ether oxygens (including phenoxy) is 1. The standard InChI is InChI=1S/C29H36N2O6S2/c1-28(2)18-10-11-29(28,3)23(15-18)37-27(36)20-6-4-12-31(20)26(35)19(16-39-24-7-5-13-38-24)30-25(34)17-8-9-21(32)22(33)14-17/h5,7-9,13-14,18-20,23,32-33H,4,6,10-12,15-16H2,1-3H3,(H,30,34)/t18?,19?,20?,23-,29?/m1/s1. The van der Waals surface area contributed by atoms with Crippen LogP contribution in [0.1, 0.15) is 63.2 Å². The fraction of sp³-hybridized carbons (Fsp3) is 0.552. The van der Waals surface area contributed by atoms with E-state index in [-0.39, 0.29) is 45.9 Å². The molecule has 2 heterocycles. The molecule has 210 valence electrons. The molecule has 1 aromatic carbocycles. The van der Waals surface area contributed by atoms with Gasteiger partial charge < -0.3 is 25.2 Å². The van der Waals surface area contributed by atoms with Crippen LogP contribution in [0.5, 0.6) is 11.5 Å². The van der Waals surface area contributed by atoms with E-state index in [9.17, 15) is 24.6 Å². The second-order valence-corrected chi connectivity index (χ2v) is 14.0. The molecule has 3 N–H and O–H groups in total. The second-order valence-electron chi connectivity index (χ2n) is 11.7. The molecule has 8 nitrogen and oxygen atoms in total. The number of phenolic OH excluding ortho intramolecular Hbond substituents is 2. The molecule has 10 heteroatoms. The van der Waals surface area contributed by atoms with Gasteiger partial charge in [0.1, 0.15) is 18.2 Å². The van der Waals surface area contributed by atoms with Crippen molar-refractivity contribution >= 4 is 40.9 Å². The van der Waals surface area contributed by atoms with Crippen molar-refractivity contribution < 1.29 is 29.3 Å². The SMILES string of the molecule is CC1(C)C2CCC1(C)[C@H](OC(=O)C1CCCN1C(=O)C(CSc1cccs1)NC(=O)c1ccc(O)c(O)c1)C2. The monoisotopic (exact) mass is 572 g/mol. The molecule has 1 aromatic heterocycles. The Morgan fingerprint density at radius 3 is 2.62 bits per heavy atom. The average molecular weight is 573 g/mol. The van der Waals surface area contributed by atoms with E-state index >= 15 is 0 Å². The number of rotatable bonds is 8. The number of nitrogens with zero attached hydrogens (tertiary/aromatic N) is 1. The van der Waals surface area contributed by atoms with Gasteiger partial charge in [-0.15, -0.1) is 23.1 Å². The van der Waals surface area contributed by atoms with Gasteiger partial charge in [0.05, 0.1) is 4.21 Å². The van der Waals surface area contributed by atoms with Crippen LogP contribution in [0.3, 0.4) is 0 Å². The Kier molecular flexibility index (Phi) is 7.63. The lowest BCUT2D eigenvalue weighted by Gasteiger charge is -2.39. The number of fused-ring (bicyclic) bond motifs is 2. The summed E-state index contributed by atoms with van der Waals surface area (Å²) in [6, 6.07) is 6.07. The van der Waals surface area contributed by atoms with E-state index in [1.165, 1.54) is 23.9 Å². The summed E-state index contributed by atoms with van der Waals surface area (Å²) in [4.78, 5) is 41.9. The third kappa shape index (κ3) is 5.13. The van der Waals surface area contributed by atoms with Crippen LogP contribution in [0.25, 0.3) is 0 Å². The number of likely N-dealkylation sites (tertiary alicyclic amines) is 1. The highest BCUT2D eigenvalue weighted by molar-refractivity contribution is 8.01. The quantitative estimate of drug-likeness (QED) is 0.236. The third-order valence-corrected chi connectivity index (χ3v) is 11.7. The van der Waals surface area contributed by atoms with Crippen molar-refractivity contribution in [3.8, 4) is 11.5 Å². The van der Waals surface area contributed by atoms with Crippen LogP contribution < -0.4 is 5.32 Å². The molecular weight excluding hydrogens is 536 g/mol. The first-order chi connectivity index (χ1) is 18.5. The van der Waals surface area contributed by atoms with E-state index in [0.29, 0.717) is 25.3 Å². The lowest BCUT2D eigenvalue weighted by atomic mass is 9.70. The number of carbonyl (C=O) groups excluding carboxylic acids is 3. The smallest absolute Gasteiger partial charge is 0.329 e. The maximum atomic E-state index is 13.8. The molecule has 39 heavy (non-hydrogen) atoms. The Balaban J connectivity index is 1.30. The van der Waals surface area contributed by atoms with Crippen LogP contribution >= 0.6 is 23.1 Å². The number of nitrogens with one attached hydrogen (secondary N) is 1. The van der Waals surface area contributed by atoms with E-state index < -0.39 is 23.7 Å². The summed E-state index contributed by atoms with van der Waals surface area (Å²) < 4.78 is 7.15. The number of amides is 2. The maximum Gasteiger partial charge on any atom is 0.329 e. The molecule has 2 amide bonds. The summed E-state index contributed by atoms with van der Waals surface area (Å²) in [5.41, 5.74) is 0.165. The molecule has 0 spiro atoms. The van der Waals surface area contributed by atoms with Gasteiger partial charge in [-0.2, -0.15) is 0 Å². The topological polar surface area (TPSA) is 116 Å². The number of thioether (sulfide) groups is 1. The van der Waals surface area contributed by atoms with E-state index in [2.05, 4.69) is 26.1 Å². The number of hydrogen-bond acceptors (Lipinski definition) is 8. The lowest BCUT2D eigenvalue weighted by Crippen LogP contribution is -2.53. The van der Waals surface area contributed by atoms with E-state index in [1.54, 1.807) is 16.2 Å². The van der Waals surface area contributed by atoms with Crippen molar-refractivity contribution in [2.24, 2.45) is 16.7 Å². The predicted octanol–water partition coefficient (Wildman–Crippen LogP) is 4.80. The third-order valence-electron chi connectivity index (χ3n) is 9.51. The Morgan fingerprint density at radius 2 is 1.97 bits per heavy atom. The molecule has 2 aromatic rings. The zero-order valence-electron chi connectivity index (χ0n) is 22.5. The van der Waals surface area contributed by atoms with E-state index in [0.717, 1.165) is 29.5 Å². The van der Waals surface area contributed by atoms with Crippen molar-refractivity contribution in [2.45, 2.75) is 75.3 Å². The van der Waals surface area contributed by atoms with Gasteiger partial charge in [-0.3, -0.25) is 9.59 Å². The highest BCUT2D eigenvalue weighted by Gasteiger charge is 2.63. The van der Waals surface area contributed by atoms with Crippen LogP contribution in [-0.4, -0.2) is 63.4 Å². The number of benzene rings is 1. The molecular formula is C29H36N2O6S2. The summed E-state index contributed by atoms with van der Waals surface area (Å²) in [7, 11) is 0. The molecule has 5 atom stereocenters. The lowest BCUT2D eigenvalue weighted by molar-refractivity contribution is -0.165. The molecule has 4 unspecified atom stereocenters. The minimum Gasteiger partial charge on any atom is -0.504 e. The number of thiophene rings is 1. The van der Waals surface area contributed by atoms with Crippen molar-refractivity contribution in [2.75, 3.05) is 12.3 Å². The Bertz CT molecular complexity index is 1250. The van der Waals surface area contributed by atoms with Crippen LogP contribution in [0.2, 0.25) is 0 Å². The number of aromatic hydroxyl groups is 2. The van der Waals surface area contributed by atoms with Crippen LogP contribution in [0.4, 0.5) is 0 Å². The van der Waals surface area contributed by atoms with Gasteiger partial charge in [0.15, 0.2) is 11.5 Å². The summed E-state index contributed by atoms with van der Waals surface area (Å²) in [5, 5.41) is 24.2.